The van der Waals surface area contributed by atoms with Crippen LogP contribution in [0.2, 0.25) is 5.02 Å². The number of hydrogen-bond acceptors (Lipinski definition) is 5. The summed E-state index contributed by atoms with van der Waals surface area (Å²) in [5.41, 5.74) is 2.94. The summed E-state index contributed by atoms with van der Waals surface area (Å²) in [5, 5.41) is 9.00. The lowest BCUT2D eigenvalue weighted by atomic mass is 9.76. The number of rotatable bonds is 12. The van der Waals surface area contributed by atoms with Crippen LogP contribution < -0.4 is 19.8 Å². The first-order chi connectivity index (χ1) is 24.0. The summed E-state index contributed by atoms with van der Waals surface area (Å²) in [7, 11) is 0. The lowest BCUT2D eigenvalue weighted by molar-refractivity contribution is -0.137. The topological polar surface area (TPSA) is 80.2 Å². The zero-order valence-electron chi connectivity index (χ0n) is 29.4. The van der Waals surface area contributed by atoms with Gasteiger partial charge in [0.15, 0.2) is 6.61 Å². The maximum absolute atomic E-state index is 13.7. The second-order valence-corrected chi connectivity index (χ2v) is 14.2. The molecule has 4 aromatic carbocycles. The van der Waals surface area contributed by atoms with Gasteiger partial charge in [0.1, 0.15) is 17.2 Å². The highest BCUT2D eigenvalue weighted by molar-refractivity contribution is 6.31. The Morgan fingerprint density at radius 3 is 2.04 bits per heavy atom. The molecule has 1 atom stereocenters. The van der Waals surface area contributed by atoms with Gasteiger partial charge in [-0.25, -0.2) is 0 Å². The van der Waals surface area contributed by atoms with Gasteiger partial charge < -0.3 is 14.8 Å². The lowest BCUT2D eigenvalue weighted by Gasteiger charge is -2.30. The van der Waals surface area contributed by atoms with Crippen LogP contribution in [0.1, 0.15) is 76.6 Å². The molecule has 5 rings (SSSR count). The molecule has 1 N–H and O–H groups in total. The van der Waals surface area contributed by atoms with Gasteiger partial charge in [0.05, 0.1) is 11.3 Å². The summed E-state index contributed by atoms with van der Waals surface area (Å²) in [5.74, 6) is -0.176. The first-order valence-electron chi connectivity index (χ1n) is 16.7. The quantitative estimate of drug-likeness (QED) is 0.158. The van der Waals surface area contributed by atoms with Crippen LogP contribution in [0, 0.1) is 0 Å². The zero-order valence-corrected chi connectivity index (χ0v) is 30.2. The van der Waals surface area contributed by atoms with Gasteiger partial charge >= 0.3 is 6.18 Å². The molecular weight excluding hydrogens is 679 g/mol. The largest absolute Gasteiger partial charge is 0.483 e. The summed E-state index contributed by atoms with van der Waals surface area (Å²) < 4.78 is 51.3. The lowest BCUT2D eigenvalue weighted by Crippen LogP contribution is -2.37. The number of nitrogens with one attached hydrogen (secondary N) is 1. The van der Waals surface area contributed by atoms with Crippen molar-refractivity contribution in [3.63, 3.8) is 0 Å². The molecule has 268 valence electrons. The molecule has 0 aromatic heterocycles. The average Bonchev–Trinajstić information content (AvgIpc) is 3.42. The molecule has 0 saturated heterocycles. The molecule has 0 saturated carbocycles. The SMILES string of the molecule is CCC(C)(C)c1ccc(OCC(=O)Nc2ccc(N3N=C(c4ccc(Cl)cc4)C(Oc4ccc(C(F)(F)F)cc4)C3=O)cc2)c(C(C)(C)CC)c1. The van der Waals surface area contributed by atoms with Gasteiger partial charge in [-0.15, -0.1) is 0 Å². The van der Waals surface area contributed by atoms with Crippen LogP contribution in [0.25, 0.3) is 0 Å². The fraction of sp³-hybridized carbons (Fsp3) is 0.325. The molecule has 1 unspecified atom stereocenters. The number of halogens is 4. The van der Waals surface area contributed by atoms with Crippen LogP contribution >= 0.6 is 11.6 Å². The predicted molar refractivity (Wildman–Crippen MR) is 195 cm³/mol. The molecule has 0 spiro atoms. The molecule has 51 heavy (non-hydrogen) atoms. The second kappa shape index (κ2) is 14.8. The first kappa shape index (κ1) is 37.4. The molecule has 1 aliphatic heterocycles. The van der Waals surface area contributed by atoms with Crippen molar-refractivity contribution in [2.24, 2.45) is 5.10 Å². The summed E-state index contributed by atoms with van der Waals surface area (Å²) in [6, 6.07) is 23.4. The van der Waals surface area contributed by atoms with Gasteiger partial charge in [-0.1, -0.05) is 77.4 Å². The van der Waals surface area contributed by atoms with Crippen molar-refractivity contribution in [2.45, 2.75) is 77.5 Å². The third-order valence-corrected chi connectivity index (χ3v) is 9.73. The Balaban J connectivity index is 1.30. The molecule has 2 amide bonds. The Kier molecular flexibility index (Phi) is 10.9. The molecule has 0 aliphatic carbocycles. The minimum Gasteiger partial charge on any atom is -0.483 e. The number of carbonyl (C=O) groups is 2. The predicted octanol–water partition coefficient (Wildman–Crippen LogP) is 9.95. The fourth-order valence-corrected chi connectivity index (χ4v) is 5.57. The molecule has 4 aromatic rings. The number of amides is 2. The van der Waals surface area contributed by atoms with Crippen LogP contribution in [0.4, 0.5) is 24.5 Å². The van der Waals surface area contributed by atoms with Crippen LogP contribution in [0.3, 0.4) is 0 Å². The van der Waals surface area contributed by atoms with E-state index in [1.165, 1.54) is 5.56 Å². The summed E-state index contributed by atoms with van der Waals surface area (Å²) in [4.78, 5) is 26.7. The van der Waals surface area contributed by atoms with E-state index in [2.05, 4.69) is 64.1 Å². The van der Waals surface area contributed by atoms with Crippen LogP contribution in [0.15, 0.2) is 96.1 Å². The maximum atomic E-state index is 13.7. The molecule has 11 heteroatoms. The number of nitrogens with zero attached hydrogens (tertiary/aromatic N) is 2. The number of hydrogen-bond donors (Lipinski definition) is 1. The van der Waals surface area contributed by atoms with Crippen molar-refractivity contribution in [1.29, 1.82) is 0 Å². The van der Waals surface area contributed by atoms with Crippen molar-refractivity contribution >= 4 is 40.5 Å². The Morgan fingerprint density at radius 1 is 0.843 bits per heavy atom. The minimum absolute atomic E-state index is 0.00303. The standard InChI is InChI=1S/C40H41ClF3N3O4/c1-7-38(3,4)27-13-22-33(32(23-27)39(5,6)8-2)50-24-34(48)45-29-16-18-30(19-17-29)47-37(49)36(35(46-47)25-9-14-28(41)15-10-25)51-31-20-11-26(12-21-31)40(42,43)44/h9-23,36H,7-8,24H2,1-6H3,(H,45,48). The van der Waals surface area contributed by atoms with E-state index in [0.717, 1.165) is 47.7 Å². The first-order valence-corrected chi connectivity index (χ1v) is 17.1. The Morgan fingerprint density at radius 2 is 1.45 bits per heavy atom. The number of ether oxygens (including phenoxy) is 2. The van der Waals surface area contributed by atoms with Crippen LogP contribution in [-0.4, -0.2) is 30.2 Å². The summed E-state index contributed by atoms with van der Waals surface area (Å²) in [6.07, 6.45) is -3.88. The monoisotopic (exact) mass is 719 g/mol. The third-order valence-electron chi connectivity index (χ3n) is 9.48. The van der Waals surface area contributed by atoms with E-state index < -0.39 is 23.8 Å². The van der Waals surface area contributed by atoms with Crippen molar-refractivity contribution in [3.05, 3.63) is 118 Å². The normalized spacial score (nSPS) is 15.1. The zero-order chi connectivity index (χ0) is 37.1. The average molecular weight is 720 g/mol. The van der Waals surface area contributed by atoms with Gasteiger partial charge in [0.2, 0.25) is 6.10 Å². The van der Waals surface area contributed by atoms with Gasteiger partial charge in [0.25, 0.3) is 11.8 Å². The number of anilines is 2. The Hall–Kier alpha value is -4.83. The molecule has 1 heterocycles. The number of benzene rings is 4. The minimum atomic E-state index is -4.51. The van der Waals surface area contributed by atoms with Gasteiger partial charge in [-0.2, -0.15) is 23.3 Å². The van der Waals surface area contributed by atoms with Crippen LogP contribution in [-0.2, 0) is 26.6 Å². The van der Waals surface area contributed by atoms with Gasteiger partial charge in [-0.3, -0.25) is 9.59 Å². The molecular formula is C40H41ClF3N3O4. The van der Waals surface area contributed by atoms with E-state index in [9.17, 15) is 22.8 Å². The Labute approximate surface area is 301 Å². The van der Waals surface area contributed by atoms with Crippen molar-refractivity contribution < 1.29 is 32.2 Å². The maximum Gasteiger partial charge on any atom is 0.416 e. The number of carbonyl (C=O) groups excluding carboxylic acids is 2. The molecule has 0 fully saturated rings. The molecule has 0 radical (unpaired) electrons. The van der Waals surface area contributed by atoms with E-state index in [4.69, 9.17) is 21.1 Å². The third kappa shape index (κ3) is 8.56. The molecule has 0 bridgehead atoms. The summed E-state index contributed by atoms with van der Waals surface area (Å²) >= 11 is 6.07. The second-order valence-electron chi connectivity index (χ2n) is 13.7. The van der Waals surface area contributed by atoms with E-state index in [-0.39, 0.29) is 34.8 Å². The van der Waals surface area contributed by atoms with Crippen molar-refractivity contribution in [2.75, 3.05) is 16.9 Å². The number of hydrazone groups is 1. The highest BCUT2D eigenvalue weighted by Gasteiger charge is 2.40. The molecule has 7 nitrogen and oxygen atoms in total. The van der Waals surface area contributed by atoms with E-state index >= 15 is 0 Å². The smallest absolute Gasteiger partial charge is 0.416 e. The van der Waals surface area contributed by atoms with Crippen molar-refractivity contribution in [1.82, 2.24) is 0 Å². The highest BCUT2D eigenvalue weighted by Crippen LogP contribution is 2.39. The molecule has 1 aliphatic rings. The van der Waals surface area contributed by atoms with E-state index in [1.807, 2.05) is 6.07 Å². The number of alkyl halides is 3. The van der Waals surface area contributed by atoms with Gasteiger partial charge in [0, 0.05) is 21.8 Å². The summed E-state index contributed by atoms with van der Waals surface area (Å²) in [6.45, 7) is 12.8. The van der Waals surface area contributed by atoms with E-state index in [1.54, 1.807) is 48.5 Å². The van der Waals surface area contributed by atoms with E-state index in [0.29, 0.717) is 27.7 Å². The van der Waals surface area contributed by atoms with Crippen molar-refractivity contribution in [3.8, 4) is 11.5 Å². The highest BCUT2D eigenvalue weighted by atomic mass is 35.5. The van der Waals surface area contributed by atoms with Crippen LogP contribution in [0.5, 0.6) is 11.5 Å². The van der Waals surface area contributed by atoms with Gasteiger partial charge in [-0.05, 0) is 96.0 Å². The fourth-order valence-electron chi connectivity index (χ4n) is 5.44. The Bertz CT molecular complexity index is 1910.